The second kappa shape index (κ2) is 6.53. The lowest BCUT2D eigenvalue weighted by Gasteiger charge is -2.35. The third-order valence-corrected chi connectivity index (χ3v) is 4.55. The predicted molar refractivity (Wildman–Crippen MR) is 71.2 cm³/mol. The molecule has 3 N–H and O–H groups in total. The molecule has 1 saturated heterocycles. The molecule has 2 fully saturated rings. The molecule has 0 aromatic heterocycles. The van der Waals surface area contributed by atoms with Gasteiger partial charge in [-0.1, -0.05) is 19.3 Å². The van der Waals surface area contributed by atoms with Crippen LogP contribution in [-0.2, 0) is 4.79 Å². The fraction of sp³-hybridized carbons (Fsp3) is 0.929. The summed E-state index contributed by atoms with van der Waals surface area (Å²) in [6.07, 6.45) is 7.48. The summed E-state index contributed by atoms with van der Waals surface area (Å²) in [5, 5.41) is 15.9. The van der Waals surface area contributed by atoms with Crippen LogP contribution in [0.15, 0.2) is 0 Å². The molecule has 18 heavy (non-hydrogen) atoms. The first-order chi connectivity index (χ1) is 8.74. The number of carbonyl (C=O) groups is 1. The van der Waals surface area contributed by atoms with Crippen molar-refractivity contribution in [2.75, 3.05) is 26.2 Å². The largest absolute Gasteiger partial charge is 0.396 e. The van der Waals surface area contributed by atoms with E-state index in [-0.39, 0.29) is 17.9 Å². The van der Waals surface area contributed by atoms with Crippen molar-refractivity contribution in [1.29, 1.82) is 0 Å². The number of hydrogen-bond donors (Lipinski definition) is 3. The Balaban J connectivity index is 1.73. The number of amides is 1. The molecule has 1 heterocycles. The zero-order valence-corrected chi connectivity index (χ0v) is 11.2. The second-order valence-corrected chi connectivity index (χ2v) is 6.06. The third kappa shape index (κ3) is 3.69. The highest BCUT2D eigenvalue weighted by molar-refractivity contribution is 5.76. The second-order valence-electron chi connectivity index (χ2n) is 6.06. The summed E-state index contributed by atoms with van der Waals surface area (Å²) in [5.41, 5.74) is -0.0398. The highest BCUT2D eigenvalue weighted by atomic mass is 16.3. The summed E-state index contributed by atoms with van der Waals surface area (Å²) >= 11 is 0. The minimum absolute atomic E-state index is 0.0398. The van der Waals surface area contributed by atoms with Gasteiger partial charge in [0.25, 0.3) is 0 Å². The number of nitrogens with one attached hydrogen (secondary N) is 2. The molecule has 4 heteroatoms. The van der Waals surface area contributed by atoms with Gasteiger partial charge >= 0.3 is 0 Å². The molecule has 0 aromatic rings. The van der Waals surface area contributed by atoms with Crippen molar-refractivity contribution in [2.24, 2.45) is 11.3 Å². The molecule has 1 atom stereocenters. The minimum Gasteiger partial charge on any atom is -0.396 e. The van der Waals surface area contributed by atoms with Gasteiger partial charge in [-0.15, -0.1) is 0 Å². The number of carbonyl (C=O) groups excluding carboxylic acids is 1. The molecule has 2 aliphatic rings. The third-order valence-electron chi connectivity index (χ3n) is 4.55. The van der Waals surface area contributed by atoms with Gasteiger partial charge in [-0.05, 0) is 38.3 Å². The zero-order chi connectivity index (χ0) is 12.8. The topological polar surface area (TPSA) is 61.4 Å². The Morgan fingerprint density at radius 1 is 1.33 bits per heavy atom. The monoisotopic (exact) mass is 254 g/mol. The molecule has 1 saturated carbocycles. The molecule has 1 aliphatic heterocycles. The molecule has 1 amide bonds. The number of hydrogen-bond acceptors (Lipinski definition) is 3. The Morgan fingerprint density at radius 3 is 2.72 bits per heavy atom. The van der Waals surface area contributed by atoms with Crippen LogP contribution in [0.3, 0.4) is 0 Å². The molecule has 0 aromatic carbocycles. The van der Waals surface area contributed by atoms with Crippen LogP contribution in [0.25, 0.3) is 0 Å². The van der Waals surface area contributed by atoms with E-state index in [2.05, 4.69) is 10.6 Å². The van der Waals surface area contributed by atoms with E-state index < -0.39 is 0 Å². The molecule has 0 spiro atoms. The Morgan fingerprint density at radius 2 is 2.11 bits per heavy atom. The van der Waals surface area contributed by atoms with Crippen LogP contribution in [0.2, 0.25) is 0 Å². The van der Waals surface area contributed by atoms with Crippen molar-refractivity contribution in [2.45, 2.75) is 44.9 Å². The number of aliphatic hydroxyl groups is 1. The first kappa shape index (κ1) is 13.8. The maximum atomic E-state index is 11.9. The Labute approximate surface area is 110 Å². The minimum atomic E-state index is -0.0398. The number of aliphatic hydroxyl groups excluding tert-OH is 1. The van der Waals surface area contributed by atoms with E-state index in [1.165, 1.54) is 19.3 Å². The van der Waals surface area contributed by atoms with Gasteiger partial charge in [0, 0.05) is 18.4 Å². The summed E-state index contributed by atoms with van der Waals surface area (Å²) in [5.74, 6) is 0.656. The summed E-state index contributed by atoms with van der Waals surface area (Å²) < 4.78 is 0. The van der Waals surface area contributed by atoms with Gasteiger partial charge in [0.15, 0.2) is 0 Å². The molecule has 2 rings (SSSR count). The lowest BCUT2D eigenvalue weighted by atomic mass is 9.74. The van der Waals surface area contributed by atoms with Gasteiger partial charge in [-0.2, -0.15) is 0 Å². The fourth-order valence-corrected chi connectivity index (χ4v) is 3.20. The van der Waals surface area contributed by atoms with Gasteiger partial charge < -0.3 is 15.7 Å². The maximum Gasteiger partial charge on any atom is 0.220 e. The van der Waals surface area contributed by atoms with E-state index in [1.807, 2.05) is 0 Å². The normalized spacial score (nSPS) is 27.1. The van der Waals surface area contributed by atoms with Crippen LogP contribution in [0, 0.1) is 11.3 Å². The van der Waals surface area contributed by atoms with Crippen molar-refractivity contribution >= 4 is 5.91 Å². The van der Waals surface area contributed by atoms with E-state index in [0.717, 1.165) is 32.4 Å². The van der Waals surface area contributed by atoms with Crippen molar-refractivity contribution in [1.82, 2.24) is 10.6 Å². The van der Waals surface area contributed by atoms with Gasteiger partial charge in [-0.3, -0.25) is 4.79 Å². The fourth-order valence-electron chi connectivity index (χ4n) is 3.20. The van der Waals surface area contributed by atoms with Crippen molar-refractivity contribution < 1.29 is 9.90 Å². The molecule has 104 valence electrons. The van der Waals surface area contributed by atoms with E-state index in [4.69, 9.17) is 0 Å². The SMILES string of the molecule is O=C(CC1CCNC1)NCC1(CO)CCCCC1. The lowest BCUT2D eigenvalue weighted by Crippen LogP contribution is -2.41. The maximum absolute atomic E-state index is 11.9. The highest BCUT2D eigenvalue weighted by Crippen LogP contribution is 2.35. The van der Waals surface area contributed by atoms with E-state index in [9.17, 15) is 9.90 Å². The van der Waals surface area contributed by atoms with Crippen LogP contribution < -0.4 is 10.6 Å². The Hall–Kier alpha value is -0.610. The smallest absolute Gasteiger partial charge is 0.220 e. The average molecular weight is 254 g/mol. The Bertz CT molecular complexity index is 269. The highest BCUT2D eigenvalue weighted by Gasteiger charge is 2.31. The summed E-state index contributed by atoms with van der Waals surface area (Å²) in [6, 6.07) is 0. The van der Waals surface area contributed by atoms with Crippen molar-refractivity contribution in [3.63, 3.8) is 0 Å². The number of rotatable bonds is 5. The summed E-state index contributed by atoms with van der Waals surface area (Å²) in [7, 11) is 0. The van der Waals surface area contributed by atoms with Gasteiger partial charge in [0.1, 0.15) is 0 Å². The summed E-state index contributed by atoms with van der Waals surface area (Å²) in [6.45, 7) is 2.87. The van der Waals surface area contributed by atoms with E-state index >= 15 is 0 Å². The van der Waals surface area contributed by atoms with Crippen LogP contribution in [0.4, 0.5) is 0 Å². The zero-order valence-electron chi connectivity index (χ0n) is 11.2. The van der Waals surface area contributed by atoms with Crippen LogP contribution in [0.1, 0.15) is 44.9 Å². The quantitative estimate of drug-likeness (QED) is 0.687. The van der Waals surface area contributed by atoms with E-state index in [1.54, 1.807) is 0 Å². The van der Waals surface area contributed by atoms with Crippen LogP contribution >= 0.6 is 0 Å². The van der Waals surface area contributed by atoms with Gasteiger partial charge in [0.2, 0.25) is 5.91 Å². The van der Waals surface area contributed by atoms with Crippen molar-refractivity contribution in [3.05, 3.63) is 0 Å². The van der Waals surface area contributed by atoms with Gasteiger partial charge in [0.05, 0.1) is 6.61 Å². The average Bonchev–Trinajstić information content (AvgIpc) is 2.90. The standard InChI is InChI=1S/C14H26N2O2/c17-11-14(5-2-1-3-6-14)10-16-13(18)8-12-4-7-15-9-12/h12,15,17H,1-11H2,(H,16,18). The molecular formula is C14H26N2O2. The predicted octanol–water partition coefficient (Wildman–Crippen LogP) is 1.04. The first-order valence-electron chi connectivity index (χ1n) is 7.32. The molecule has 1 unspecified atom stereocenters. The Kier molecular flexibility index (Phi) is 5.01. The first-order valence-corrected chi connectivity index (χ1v) is 7.32. The van der Waals surface area contributed by atoms with Gasteiger partial charge in [-0.25, -0.2) is 0 Å². The molecule has 1 aliphatic carbocycles. The molecule has 4 nitrogen and oxygen atoms in total. The van der Waals surface area contributed by atoms with E-state index in [0.29, 0.717) is 18.9 Å². The molecule has 0 bridgehead atoms. The van der Waals surface area contributed by atoms with Crippen molar-refractivity contribution in [3.8, 4) is 0 Å². The van der Waals surface area contributed by atoms with Crippen LogP contribution in [-0.4, -0.2) is 37.3 Å². The lowest BCUT2D eigenvalue weighted by molar-refractivity contribution is -0.122. The van der Waals surface area contributed by atoms with Crippen LogP contribution in [0.5, 0.6) is 0 Å². The molecule has 0 radical (unpaired) electrons. The molecular weight excluding hydrogens is 228 g/mol. The summed E-state index contributed by atoms with van der Waals surface area (Å²) in [4.78, 5) is 11.9.